The van der Waals surface area contributed by atoms with Crippen LogP contribution in [0.4, 0.5) is 4.79 Å². The normalized spacial score (nSPS) is 19.6. The summed E-state index contributed by atoms with van der Waals surface area (Å²) in [6.45, 7) is 3.15. The zero-order chi connectivity index (χ0) is 19.4. The van der Waals surface area contributed by atoms with E-state index in [1.807, 2.05) is 25.1 Å². The highest BCUT2D eigenvalue weighted by atomic mass is 32.2. The van der Waals surface area contributed by atoms with Crippen molar-refractivity contribution in [2.24, 2.45) is 0 Å². The van der Waals surface area contributed by atoms with Crippen molar-refractivity contribution in [1.82, 2.24) is 9.80 Å². The number of hydrogen-bond acceptors (Lipinski definition) is 5. The van der Waals surface area contributed by atoms with Gasteiger partial charge in [0.15, 0.2) is 0 Å². The number of ether oxygens (including phenoxy) is 1. The van der Waals surface area contributed by atoms with Gasteiger partial charge in [-0.1, -0.05) is 18.9 Å². The molecule has 1 aromatic rings. The molecule has 0 saturated carbocycles. The molecule has 2 heterocycles. The number of carbonyl (C=O) groups excluding carboxylic acids is 3. The Morgan fingerprint density at radius 3 is 2.52 bits per heavy atom. The van der Waals surface area contributed by atoms with Crippen molar-refractivity contribution in [2.45, 2.75) is 32.6 Å². The Bertz CT molecular complexity index is 782. The first kappa shape index (κ1) is 19.5. The lowest BCUT2D eigenvalue weighted by molar-refractivity contribution is -0.135. The third-order valence-corrected chi connectivity index (χ3v) is 5.75. The summed E-state index contributed by atoms with van der Waals surface area (Å²) in [6, 6.07) is 5.56. The Morgan fingerprint density at radius 2 is 1.89 bits per heavy atom. The fraction of sp³-hybridized carbons (Fsp3) is 0.450. The van der Waals surface area contributed by atoms with Gasteiger partial charge in [-0.3, -0.25) is 19.3 Å². The number of carbonyl (C=O) groups is 3. The first-order chi connectivity index (χ1) is 13.0. The van der Waals surface area contributed by atoms with Gasteiger partial charge in [-0.05, 0) is 60.9 Å². The van der Waals surface area contributed by atoms with Gasteiger partial charge in [0.1, 0.15) is 12.3 Å². The highest BCUT2D eigenvalue weighted by Crippen LogP contribution is 2.33. The van der Waals surface area contributed by atoms with Gasteiger partial charge in [-0.15, -0.1) is 0 Å². The number of methoxy groups -OCH3 is 1. The summed E-state index contributed by atoms with van der Waals surface area (Å²) in [5.41, 5.74) is 1.76. The predicted molar refractivity (Wildman–Crippen MR) is 105 cm³/mol. The molecule has 144 valence electrons. The number of aryl methyl sites for hydroxylation is 1. The number of benzene rings is 1. The van der Waals surface area contributed by atoms with E-state index in [0.717, 1.165) is 59.2 Å². The molecule has 1 aromatic carbocycles. The molecule has 27 heavy (non-hydrogen) atoms. The second-order valence-electron chi connectivity index (χ2n) is 6.79. The largest absolute Gasteiger partial charge is 0.496 e. The fourth-order valence-corrected chi connectivity index (χ4v) is 4.17. The van der Waals surface area contributed by atoms with Crippen molar-refractivity contribution >= 4 is 34.9 Å². The molecule has 3 rings (SSSR count). The van der Waals surface area contributed by atoms with Crippen LogP contribution in [-0.4, -0.2) is 53.6 Å². The van der Waals surface area contributed by atoms with Crippen LogP contribution in [0.25, 0.3) is 6.08 Å². The summed E-state index contributed by atoms with van der Waals surface area (Å²) >= 11 is 0.882. The zero-order valence-electron chi connectivity index (χ0n) is 15.7. The molecule has 0 radical (unpaired) electrons. The molecule has 2 saturated heterocycles. The van der Waals surface area contributed by atoms with Crippen LogP contribution in [0.3, 0.4) is 0 Å². The highest BCUT2D eigenvalue weighted by Gasteiger charge is 2.37. The minimum absolute atomic E-state index is 0.152. The number of rotatable bonds is 4. The average molecular weight is 388 g/mol. The molecule has 0 spiro atoms. The predicted octanol–water partition coefficient (Wildman–Crippen LogP) is 3.44. The Balaban J connectivity index is 1.70. The van der Waals surface area contributed by atoms with E-state index in [9.17, 15) is 14.4 Å². The third kappa shape index (κ3) is 4.53. The maximum atomic E-state index is 12.6. The van der Waals surface area contributed by atoms with Crippen molar-refractivity contribution < 1.29 is 19.1 Å². The van der Waals surface area contributed by atoms with Crippen LogP contribution in [0.5, 0.6) is 5.75 Å². The van der Waals surface area contributed by atoms with E-state index in [2.05, 4.69) is 0 Å². The van der Waals surface area contributed by atoms with Crippen molar-refractivity contribution in [3.8, 4) is 5.75 Å². The van der Waals surface area contributed by atoms with Gasteiger partial charge >= 0.3 is 0 Å². The molecule has 3 amide bonds. The van der Waals surface area contributed by atoms with Crippen LogP contribution in [0.15, 0.2) is 23.1 Å². The van der Waals surface area contributed by atoms with Crippen molar-refractivity contribution in [3.05, 3.63) is 34.2 Å². The Labute approximate surface area is 163 Å². The summed E-state index contributed by atoms with van der Waals surface area (Å²) in [6.07, 6.45) is 5.88. The van der Waals surface area contributed by atoms with Crippen LogP contribution in [0.2, 0.25) is 0 Å². The van der Waals surface area contributed by atoms with Crippen LogP contribution >= 0.6 is 11.8 Å². The highest BCUT2D eigenvalue weighted by molar-refractivity contribution is 8.18. The molecule has 0 aliphatic carbocycles. The summed E-state index contributed by atoms with van der Waals surface area (Å²) in [4.78, 5) is 40.6. The maximum absolute atomic E-state index is 12.6. The Kier molecular flexibility index (Phi) is 6.21. The standard InChI is InChI=1S/C20H24N2O4S/c1-14-11-15(7-8-16(14)26-2)12-17-19(24)22(20(25)27-17)13-18(23)21-9-5-3-4-6-10-21/h7-8,11-12H,3-6,9-10,13H2,1-2H3/b17-12-. The molecule has 0 atom stereocenters. The minimum atomic E-state index is -0.401. The Morgan fingerprint density at radius 1 is 1.19 bits per heavy atom. The molecule has 2 fully saturated rings. The third-order valence-electron chi connectivity index (χ3n) is 4.84. The van der Waals surface area contributed by atoms with Crippen LogP contribution < -0.4 is 4.74 Å². The monoisotopic (exact) mass is 388 g/mol. The first-order valence-electron chi connectivity index (χ1n) is 9.17. The van der Waals surface area contributed by atoms with Crippen LogP contribution in [0, 0.1) is 6.92 Å². The molecule has 2 aliphatic heterocycles. The van der Waals surface area contributed by atoms with Gasteiger partial charge in [0, 0.05) is 13.1 Å². The summed E-state index contributed by atoms with van der Waals surface area (Å²) in [7, 11) is 1.61. The van der Waals surface area contributed by atoms with Gasteiger partial charge in [-0.25, -0.2) is 0 Å². The van der Waals surface area contributed by atoms with Crippen LogP contribution in [0.1, 0.15) is 36.8 Å². The van der Waals surface area contributed by atoms with Gasteiger partial charge in [0.05, 0.1) is 12.0 Å². The number of likely N-dealkylation sites (tertiary alicyclic amines) is 1. The maximum Gasteiger partial charge on any atom is 0.294 e. The smallest absolute Gasteiger partial charge is 0.294 e. The van der Waals surface area contributed by atoms with E-state index in [1.54, 1.807) is 18.1 Å². The average Bonchev–Trinajstić information content (AvgIpc) is 2.86. The molecule has 0 unspecified atom stereocenters. The number of hydrogen-bond donors (Lipinski definition) is 0. The topological polar surface area (TPSA) is 66.9 Å². The zero-order valence-corrected chi connectivity index (χ0v) is 16.5. The van der Waals surface area contributed by atoms with Gasteiger partial charge in [0.2, 0.25) is 5.91 Å². The molecular formula is C20H24N2O4S. The SMILES string of the molecule is COc1ccc(/C=C2\SC(=O)N(CC(=O)N3CCCCCC3)C2=O)cc1C. The molecule has 0 N–H and O–H groups in total. The summed E-state index contributed by atoms with van der Waals surface area (Å²) in [5, 5.41) is -0.389. The Hall–Kier alpha value is -2.28. The molecule has 7 heteroatoms. The number of nitrogens with zero attached hydrogens (tertiary/aromatic N) is 2. The van der Waals surface area contributed by atoms with E-state index >= 15 is 0 Å². The van der Waals surface area contributed by atoms with Crippen LogP contribution in [-0.2, 0) is 9.59 Å². The molecule has 6 nitrogen and oxygen atoms in total. The van der Waals surface area contributed by atoms with Crippen molar-refractivity contribution in [2.75, 3.05) is 26.7 Å². The number of imide groups is 1. The van der Waals surface area contributed by atoms with Gasteiger partial charge in [-0.2, -0.15) is 0 Å². The van der Waals surface area contributed by atoms with E-state index < -0.39 is 5.91 Å². The quantitative estimate of drug-likeness (QED) is 0.739. The second kappa shape index (κ2) is 8.61. The van der Waals surface area contributed by atoms with E-state index in [-0.39, 0.29) is 17.7 Å². The van der Waals surface area contributed by atoms with Gasteiger partial charge in [0.25, 0.3) is 11.1 Å². The van der Waals surface area contributed by atoms with E-state index in [0.29, 0.717) is 18.0 Å². The first-order valence-corrected chi connectivity index (χ1v) is 9.99. The summed E-state index contributed by atoms with van der Waals surface area (Å²) in [5.74, 6) is 0.214. The lowest BCUT2D eigenvalue weighted by Gasteiger charge is -2.22. The molecular weight excluding hydrogens is 364 g/mol. The lowest BCUT2D eigenvalue weighted by Crippen LogP contribution is -2.42. The second-order valence-corrected chi connectivity index (χ2v) is 7.79. The molecule has 0 aromatic heterocycles. The van der Waals surface area contributed by atoms with Gasteiger partial charge < -0.3 is 9.64 Å². The molecule has 2 aliphatic rings. The molecule has 0 bridgehead atoms. The summed E-state index contributed by atoms with van der Waals surface area (Å²) < 4.78 is 5.24. The number of amides is 3. The number of thioether (sulfide) groups is 1. The van der Waals surface area contributed by atoms with E-state index in [4.69, 9.17) is 4.74 Å². The minimum Gasteiger partial charge on any atom is -0.496 e. The van der Waals surface area contributed by atoms with E-state index in [1.165, 1.54) is 0 Å². The van der Waals surface area contributed by atoms with Crippen molar-refractivity contribution in [1.29, 1.82) is 0 Å². The fourth-order valence-electron chi connectivity index (χ4n) is 3.33. The lowest BCUT2D eigenvalue weighted by atomic mass is 10.1. The van der Waals surface area contributed by atoms with Crippen molar-refractivity contribution in [3.63, 3.8) is 0 Å².